The van der Waals surface area contributed by atoms with E-state index in [4.69, 9.17) is 11.6 Å². The monoisotopic (exact) mass is 296 g/mol. The Bertz CT molecular complexity index is 501. The second-order valence-electron chi connectivity index (χ2n) is 4.47. The maximum atomic E-state index is 12.3. The standard InChI is InChI=1S/C13H17ClN4O2/c1-2-16-13(20)18-7-5-17(6-8-18)12(19)10-9-15-4-3-11(10)14/h3-4,9H,2,5-8H2,1H3,(H,16,20). The lowest BCUT2D eigenvalue weighted by Crippen LogP contribution is -2.53. The minimum atomic E-state index is -0.140. The summed E-state index contributed by atoms with van der Waals surface area (Å²) in [6.45, 7) is 4.53. The van der Waals surface area contributed by atoms with Gasteiger partial charge < -0.3 is 15.1 Å². The zero-order valence-corrected chi connectivity index (χ0v) is 12.1. The van der Waals surface area contributed by atoms with Gasteiger partial charge in [-0.05, 0) is 13.0 Å². The van der Waals surface area contributed by atoms with E-state index in [1.54, 1.807) is 22.1 Å². The summed E-state index contributed by atoms with van der Waals surface area (Å²) in [7, 11) is 0. The van der Waals surface area contributed by atoms with E-state index in [9.17, 15) is 9.59 Å². The van der Waals surface area contributed by atoms with E-state index in [1.807, 2.05) is 6.92 Å². The number of halogens is 1. The molecule has 0 atom stereocenters. The number of carbonyl (C=O) groups is 2. The van der Waals surface area contributed by atoms with Crippen LogP contribution in [0.2, 0.25) is 5.02 Å². The average Bonchev–Trinajstić information content (AvgIpc) is 2.47. The molecule has 1 fully saturated rings. The van der Waals surface area contributed by atoms with Crippen molar-refractivity contribution in [2.45, 2.75) is 6.92 Å². The number of nitrogens with zero attached hydrogens (tertiary/aromatic N) is 3. The number of amides is 3. The van der Waals surface area contributed by atoms with E-state index in [2.05, 4.69) is 10.3 Å². The highest BCUT2D eigenvalue weighted by Crippen LogP contribution is 2.16. The van der Waals surface area contributed by atoms with Crippen molar-refractivity contribution in [2.24, 2.45) is 0 Å². The van der Waals surface area contributed by atoms with Crippen LogP contribution in [0.15, 0.2) is 18.5 Å². The quantitative estimate of drug-likeness (QED) is 0.892. The van der Waals surface area contributed by atoms with Crippen molar-refractivity contribution in [3.63, 3.8) is 0 Å². The predicted octanol–water partition coefficient (Wildman–Crippen LogP) is 1.22. The molecule has 0 aromatic carbocycles. The first-order valence-corrected chi connectivity index (χ1v) is 6.93. The second-order valence-corrected chi connectivity index (χ2v) is 4.88. The van der Waals surface area contributed by atoms with E-state index in [-0.39, 0.29) is 11.9 Å². The van der Waals surface area contributed by atoms with Crippen molar-refractivity contribution in [1.82, 2.24) is 20.1 Å². The Morgan fingerprint density at radius 3 is 2.55 bits per heavy atom. The molecule has 2 heterocycles. The Morgan fingerprint density at radius 2 is 1.95 bits per heavy atom. The molecule has 0 spiro atoms. The fraction of sp³-hybridized carbons (Fsp3) is 0.462. The fourth-order valence-electron chi connectivity index (χ4n) is 2.08. The largest absolute Gasteiger partial charge is 0.338 e. The highest BCUT2D eigenvalue weighted by molar-refractivity contribution is 6.33. The van der Waals surface area contributed by atoms with Gasteiger partial charge in [0.2, 0.25) is 0 Å². The van der Waals surface area contributed by atoms with E-state index >= 15 is 0 Å². The third-order valence-corrected chi connectivity index (χ3v) is 3.51. The highest BCUT2D eigenvalue weighted by atomic mass is 35.5. The maximum absolute atomic E-state index is 12.3. The Kier molecular flexibility index (Phi) is 4.79. The maximum Gasteiger partial charge on any atom is 0.317 e. The van der Waals surface area contributed by atoms with Crippen molar-refractivity contribution in [2.75, 3.05) is 32.7 Å². The van der Waals surface area contributed by atoms with Crippen LogP contribution >= 0.6 is 11.6 Å². The molecule has 20 heavy (non-hydrogen) atoms. The lowest BCUT2D eigenvalue weighted by Gasteiger charge is -2.34. The summed E-state index contributed by atoms with van der Waals surface area (Å²) in [6.07, 6.45) is 3.02. The molecular formula is C13H17ClN4O2. The van der Waals surface area contributed by atoms with Gasteiger partial charge >= 0.3 is 6.03 Å². The van der Waals surface area contributed by atoms with Crippen molar-refractivity contribution in [3.8, 4) is 0 Å². The molecule has 108 valence electrons. The Balaban J connectivity index is 1.96. The minimum absolute atomic E-state index is 0.0843. The van der Waals surface area contributed by atoms with Crippen LogP contribution < -0.4 is 5.32 Å². The third-order valence-electron chi connectivity index (χ3n) is 3.18. The zero-order chi connectivity index (χ0) is 14.5. The Labute approximate surface area is 122 Å². The van der Waals surface area contributed by atoms with Crippen LogP contribution in [0, 0.1) is 0 Å². The van der Waals surface area contributed by atoms with E-state index < -0.39 is 0 Å². The van der Waals surface area contributed by atoms with Crippen LogP contribution in [0.25, 0.3) is 0 Å². The zero-order valence-electron chi connectivity index (χ0n) is 11.3. The van der Waals surface area contributed by atoms with Crippen LogP contribution in [0.5, 0.6) is 0 Å². The molecule has 1 saturated heterocycles. The number of piperazine rings is 1. The number of carbonyl (C=O) groups excluding carboxylic acids is 2. The van der Waals surface area contributed by atoms with Gasteiger partial charge in [-0.1, -0.05) is 11.6 Å². The van der Waals surface area contributed by atoms with Gasteiger partial charge in [0, 0.05) is 45.1 Å². The van der Waals surface area contributed by atoms with Gasteiger partial charge in [0.05, 0.1) is 10.6 Å². The molecule has 3 amide bonds. The summed E-state index contributed by atoms with van der Waals surface area (Å²) >= 11 is 6.00. The molecule has 1 aromatic heterocycles. The molecule has 0 unspecified atom stereocenters. The predicted molar refractivity (Wildman–Crippen MR) is 75.8 cm³/mol. The van der Waals surface area contributed by atoms with Gasteiger partial charge in [0.1, 0.15) is 0 Å². The number of pyridine rings is 1. The van der Waals surface area contributed by atoms with E-state index in [1.165, 1.54) is 6.20 Å². The second kappa shape index (κ2) is 6.56. The first-order valence-electron chi connectivity index (χ1n) is 6.55. The van der Waals surface area contributed by atoms with Gasteiger partial charge in [0.15, 0.2) is 0 Å². The molecule has 0 saturated carbocycles. The summed E-state index contributed by atoms with van der Waals surface area (Å²) in [6, 6.07) is 1.51. The molecule has 1 aliphatic heterocycles. The number of hydrogen-bond donors (Lipinski definition) is 1. The normalized spacial score (nSPS) is 15.1. The lowest BCUT2D eigenvalue weighted by atomic mass is 10.2. The Morgan fingerprint density at radius 1 is 1.30 bits per heavy atom. The van der Waals surface area contributed by atoms with Gasteiger partial charge in [-0.2, -0.15) is 0 Å². The fourth-order valence-corrected chi connectivity index (χ4v) is 2.27. The van der Waals surface area contributed by atoms with Gasteiger partial charge in [-0.25, -0.2) is 4.79 Å². The van der Waals surface area contributed by atoms with Crippen LogP contribution in [0.1, 0.15) is 17.3 Å². The molecule has 0 aliphatic carbocycles. The van der Waals surface area contributed by atoms with Crippen molar-refractivity contribution in [3.05, 3.63) is 29.0 Å². The van der Waals surface area contributed by atoms with Gasteiger partial charge in [-0.3, -0.25) is 9.78 Å². The topological polar surface area (TPSA) is 65.5 Å². The molecule has 7 heteroatoms. The SMILES string of the molecule is CCNC(=O)N1CCN(C(=O)c2cnccc2Cl)CC1. The van der Waals surface area contributed by atoms with Crippen LogP contribution in [-0.2, 0) is 0 Å². The summed E-state index contributed by atoms with van der Waals surface area (Å²) in [4.78, 5) is 31.3. The minimum Gasteiger partial charge on any atom is -0.338 e. The summed E-state index contributed by atoms with van der Waals surface area (Å²) in [5.74, 6) is -0.140. The summed E-state index contributed by atoms with van der Waals surface area (Å²) in [5.41, 5.74) is 0.403. The van der Waals surface area contributed by atoms with E-state index in [0.29, 0.717) is 43.3 Å². The highest BCUT2D eigenvalue weighted by Gasteiger charge is 2.25. The van der Waals surface area contributed by atoms with Crippen LogP contribution in [-0.4, -0.2) is 59.4 Å². The molecule has 0 radical (unpaired) electrons. The van der Waals surface area contributed by atoms with Crippen molar-refractivity contribution >= 4 is 23.5 Å². The molecule has 6 nitrogen and oxygen atoms in total. The molecule has 1 aliphatic rings. The van der Waals surface area contributed by atoms with Crippen LogP contribution in [0.4, 0.5) is 4.79 Å². The van der Waals surface area contributed by atoms with Crippen molar-refractivity contribution in [1.29, 1.82) is 0 Å². The smallest absolute Gasteiger partial charge is 0.317 e. The van der Waals surface area contributed by atoms with Crippen molar-refractivity contribution < 1.29 is 9.59 Å². The number of aromatic nitrogens is 1. The first-order chi connectivity index (χ1) is 9.63. The Hall–Kier alpha value is -1.82. The molecule has 2 rings (SSSR count). The molecular weight excluding hydrogens is 280 g/mol. The molecule has 1 aromatic rings. The third kappa shape index (κ3) is 3.19. The number of hydrogen-bond acceptors (Lipinski definition) is 3. The summed E-state index contributed by atoms with van der Waals surface area (Å²) < 4.78 is 0. The number of urea groups is 1. The first kappa shape index (κ1) is 14.6. The lowest BCUT2D eigenvalue weighted by molar-refractivity contribution is 0.0665. The van der Waals surface area contributed by atoms with Gasteiger partial charge in [0.25, 0.3) is 5.91 Å². The molecule has 0 bridgehead atoms. The molecule has 1 N–H and O–H groups in total. The van der Waals surface area contributed by atoms with Gasteiger partial charge in [-0.15, -0.1) is 0 Å². The van der Waals surface area contributed by atoms with E-state index in [0.717, 1.165) is 0 Å². The number of nitrogens with one attached hydrogen (secondary N) is 1. The summed E-state index contributed by atoms with van der Waals surface area (Å²) in [5, 5.41) is 3.15. The number of rotatable bonds is 2. The average molecular weight is 297 g/mol. The van der Waals surface area contributed by atoms with Crippen LogP contribution in [0.3, 0.4) is 0 Å².